The Morgan fingerprint density at radius 3 is 2.89 bits per heavy atom. The third-order valence-corrected chi connectivity index (χ3v) is 7.50. The average Bonchev–Trinajstić information content (AvgIpc) is 3.59. The first-order valence-corrected chi connectivity index (χ1v) is 13.1. The van der Waals surface area contributed by atoms with Crippen molar-refractivity contribution < 1.29 is 4.74 Å². The van der Waals surface area contributed by atoms with E-state index in [0.29, 0.717) is 19.6 Å². The van der Waals surface area contributed by atoms with Gasteiger partial charge in [-0.2, -0.15) is 0 Å². The monoisotopic (exact) mass is 492 g/mol. The molecule has 35 heavy (non-hydrogen) atoms. The molecule has 0 radical (unpaired) electrons. The average molecular weight is 493 g/mol. The molecule has 1 aliphatic rings. The lowest BCUT2D eigenvalue weighted by Gasteiger charge is -2.33. The fraction of sp³-hybridized carbons (Fsp3) is 0.462. The minimum absolute atomic E-state index is 0.0565. The summed E-state index contributed by atoms with van der Waals surface area (Å²) in [4.78, 5) is 19.7. The van der Waals surface area contributed by atoms with Crippen molar-refractivity contribution >= 4 is 22.2 Å². The number of aryl methyl sites for hydroxylation is 1. The third kappa shape index (κ3) is 5.37. The van der Waals surface area contributed by atoms with E-state index in [0.717, 1.165) is 41.7 Å². The van der Waals surface area contributed by atoms with E-state index in [9.17, 15) is 4.79 Å². The number of thiophene rings is 1. The van der Waals surface area contributed by atoms with Crippen LogP contribution in [0.15, 0.2) is 46.6 Å². The molecule has 2 unspecified atom stereocenters. The zero-order valence-corrected chi connectivity index (χ0v) is 21.3. The van der Waals surface area contributed by atoms with Crippen LogP contribution in [0.4, 0.5) is 0 Å². The Hall–Kier alpha value is -2.88. The highest BCUT2D eigenvalue weighted by atomic mass is 32.1. The summed E-state index contributed by atoms with van der Waals surface area (Å²) < 4.78 is 7.75. The van der Waals surface area contributed by atoms with Crippen LogP contribution in [0.1, 0.15) is 54.6 Å². The van der Waals surface area contributed by atoms with E-state index in [4.69, 9.17) is 4.74 Å². The molecule has 4 heterocycles. The lowest BCUT2D eigenvalue weighted by atomic mass is 10.00. The van der Waals surface area contributed by atoms with Gasteiger partial charge < -0.3 is 9.72 Å². The van der Waals surface area contributed by atoms with Crippen molar-refractivity contribution in [3.8, 4) is 0 Å². The normalized spacial score (nSPS) is 17.1. The van der Waals surface area contributed by atoms with Crippen LogP contribution in [0.2, 0.25) is 0 Å². The van der Waals surface area contributed by atoms with Gasteiger partial charge in [-0.25, -0.2) is 4.68 Å². The molecule has 3 aromatic heterocycles. The molecule has 1 aliphatic heterocycles. The first-order valence-electron chi connectivity index (χ1n) is 12.2. The first-order chi connectivity index (χ1) is 17.0. The lowest BCUT2D eigenvalue weighted by Crippen LogP contribution is -2.35. The molecule has 1 aromatic carbocycles. The molecule has 0 amide bonds. The predicted molar refractivity (Wildman–Crippen MR) is 137 cm³/mol. The van der Waals surface area contributed by atoms with Crippen molar-refractivity contribution in [1.29, 1.82) is 0 Å². The Morgan fingerprint density at radius 2 is 2.14 bits per heavy atom. The molecule has 1 N–H and O–H groups in total. The zero-order valence-electron chi connectivity index (χ0n) is 20.5. The fourth-order valence-corrected chi connectivity index (χ4v) is 5.71. The Morgan fingerprint density at radius 1 is 1.26 bits per heavy atom. The van der Waals surface area contributed by atoms with Crippen molar-refractivity contribution in [3.63, 3.8) is 0 Å². The van der Waals surface area contributed by atoms with Crippen LogP contribution in [-0.2, 0) is 24.4 Å². The fourth-order valence-electron chi connectivity index (χ4n) is 4.98. The topological polar surface area (TPSA) is 88.9 Å². The number of hydrogen-bond acceptors (Lipinski definition) is 7. The van der Waals surface area contributed by atoms with Crippen LogP contribution in [0.5, 0.6) is 0 Å². The van der Waals surface area contributed by atoms with Gasteiger partial charge in [0, 0.05) is 35.7 Å². The van der Waals surface area contributed by atoms with Crippen molar-refractivity contribution in [3.05, 3.63) is 74.0 Å². The number of benzene rings is 1. The zero-order chi connectivity index (χ0) is 24.4. The van der Waals surface area contributed by atoms with Crippen molar-refractivity contribution in [2.24, 2.45) is 5.92 Å². The van der Waals surface area contributed by atoms with Crippen LogP contribution in [0, 0.1) is 12.8 Å². The van der Waals surface area contributed by atoms with Crippen molar-refractivity contribution in [2.75, 3.05) is 6.61 Å². The van der Waals surface area contributed by atoms with Gasteiger partial charge in [0.1, 0.15) is 0 Å². The molecule has 1 fully saturated rings. The van der Waals surface area contributed by atoms with E-state index < -0.39 is 0 Å². The van der Waals surface area contributed by atoms with Gasteiger partial charge in [0.2, 0.25) is 0 Å². The Labute approximate surface area is 208 Å². The Kier molecular flexibility index (Phi) is 7.08. The smallest absolute Gasteiger partial charge is 0.252 e. The molecule has 1 saturated heterocycles. The Bertz CT molecular complexity index is 1320. The number of nitrogens with zero attached hydrogens (tertiary/aromatic N) is 5. The van der Waals surface area contributed by atoms with Crippen molar-refractivity contribution in [1.82, 2.24) is 30.1 Å². The molecule has 0 bridgehead atoms. The minimum Gasteiger partial charge on any atom is -0.376 e. The minimum atomic E-state index is -0.0684. The second-order valence-electron chi connectivity index (χ2n) is 9.74. The molecule has 0 spiro atoms. The van der Waals surface area contributed by atoms with E-state index in [1.54, 1.807) is 11.3 Å². The number of hydrogen-bond donors (Lipinski definition) is 1. The van der Waals surface area contributed by atoms with Gasteiger partial charge >= 0.3 is 0 Å². The molecule has 0 aliphatic carbocycles. The summed E-state index contributed by atoms with van der Waals surface area (Å²) in [5.74, 6) is 1.05. The molecular formula is C26H32N6O2S. The number of rotatable bonds is 9. The van der Waals surface area contributed by atoms with Crippen LogP contribution in [0.25, 0.3) is 10.9 Å². The van der Waals surface area contributed by atoms with E-state index >= 15 is 0 Å². The maximum absolute atomic E-state index is 13.1. The van der Waals surface area contributed by atoms with Crippen LogP contribution in [0.3, 0.4) is 0 Å². The number of tetrazole rings is 1. The second-order valence-corrected chi connectivity index (χ2v) is 10.8. The Balaban J connectivity index is 1.52. The number of ether oxygens (including phenoxy) is 1. The number of pyridine rings is 1. The largest absolute Gasteiger partial charge is 0.376 e. The third-order valence-electron chi connectivity index (χ3n) is 6.64. The summed E-state index contributed by atoms with van der Waals surface area (Å²) in [6.45, 7) is 9.08. The van der Waals surface area contributed by atoms with Gasteiger partial charge in [0.25, 0.3) is 5.56 Å². The molecule has 5 rings (SSSR count). The molecule has 184 valence electrons. The number of fused-ring (bicyclic) bond motifs is 1. The number of nitrogens with one attached hydrogen (secondary N) is 1. The van der Waals surface area contributed by atoms with Crippen LogP contribution in [-0.4, -0.2) is 42.8 Å². The van der Waals surface area contributed by atoms with Gasteiger partial charge in [0.05, 0.1) is 18.7 Å². The predicted octanol–water partition coefficient (Wildman–Crippen LogP) is 4.46. The summed E-state index contributed by atoms with van der Waals surface area (Å²) in [6.07, 6.45) is 2.24. The van der Waals surface area contributed by atoms with E-state index in [2.05, 4.69) is 69.8 Å². The molecule has 9 heteroatoms. The van der Waals surface area contributed by atoms with E-state index in [-0.39, 0.29) is 23.6 Å². The lowest BCUT2D eigenvalue weighted by molar-refractivity contribution is 0.0853. The number of aromatic nitrogens is 5. The molecule has 4 aromatic rings. The molecule has 8 nitrogen and oxygen atoms in total. The standard InChI is InChI=1S/C26H32N6O2S/c1-17(2)24(25-28-29-30-32(25)15-21-6-4-10-34-21)31(16-22-7-5-11-35-22)14-20-13-19-12-18(3)8-9-23(19)27-26(20)33/h5,7-9,11-13,17,21,24H,4,6,10,14-16H2,1-3H3,(H,27,33). The summed E-state index contributed by atoms with van der Waals surface area (Å²) in [6, 6.07) is 12.3. The van der Waals surface area contributed by atoms with Crippen LogP contribution < -0.4 is 5.56 Å². The molecular weight excluding hydrogens is 460 g/mol. The van der Waals surface area contributed by atoms with Gasteiger partial charge in [0.15, 0.2) is 5.82 Å². The van der Waals surface area contributed by atoms with Gasteiger partial charge in [-0.1, -0.05) is 31.5 Å². The summed E-state index contributed by atoms with van der Waals surface area (Å²) in [5, 5.41) is 16.0. The van der Waals surface area contributed by atoms with Gasteiger partial charge in [-0.3, -0.25) is 9.69 Å². The summed E-state index contributed by atoms with van der Waals surface area (Å²) in [5.41, 5.74) is 2.71. The van der Waals surface area contributed by atoms with E-state index in [1.165, 1.54) is 10.4 Å². The highest BCUT2D eigenvalue weighted by Crippen LogP contribution is 2.31. The highest BCUT2D eigenvalue weighted by Gasteiger charge is 2.31. The highest BCUT2D eigenvalue weighted by molar-refractivity contribution is 7.09. The molecule has 2 atom stereocenters. The van der Waals surface area contributed by atoms with Gasteiger partial charge in [-0.15, -0.1) is 16.4 Å². The SMILES string of the molecule is Cc1ccc2[nH]c(=O)c(CN(Cc3cccs3)C(c3nnnn3CC3CCCO3)C(C)C)cc2c1. The second kappa shape index (κ2) is 10.4. The number of H-pyrrole nitrogens is 1. The van der Waals surface area contributed by atoms with Crippen LogP contribution >= 0.6 is 11.3 Å². The maximum atomic E-state index is 13.1. The van der Waals surface area contributed by atoms with E-state index in [1.807, 2.05) is 22.9 Å². The van der Waals surface area contributed by atoms with Crippen molar-refractivity contribution in [2.45, 2.75) is 65.4 Å². The summed E-state index contributed by atoms with van der Waals surface area (Å²) in [7, 11) is 0. The maximum Gasteiger partial charge on any atom is 0.252 e. The molecule has 0 saturated carbocycles. The van der Waals surface area contributed by atoms with Gasteiger partial charge in [-0.05, 0) is 71.1 Å². The summed E-state index contributed by atoms with van der Waals surface area (Å²) >= 11 is 1.72. The first kappa shape index (κ1) is 23.8. The quantitative estimate of drug-likeness (QED) is 0.371. The number of aromatic amines is 1.